The molecule has 108 valence electrons. The first-order valence-corrected chi connectivity index (χ1v) is 6.55. The van der Waals surface area contributed by atoms with E-state index in [2.05, 4.69) is 5.32 Å². The molecule has 0 bridgehead atoms. The van der Waals surface area contributed by atoms with Gasteiger partial charge in [0.1, 0.15) is 11.8 Å². The van der Waals surface area contributed by atoms with Crippen molar-refractivity contribution in [2.75, 3.05) is 17.2 Å². The number of nitrogens with two attached hydrogens (primary N) is 1. The second-order valence-electron chi connectivity index (χ2n) is 5.07. The van der Waals surface area contributed by atoms with E-state index in [-0.39, 0.29) is 24.5 Å². The van der Waals surface area contributed by atoms with Gasteiger partial charge >= 0.3 is 0 Å². The van der Waals surface area contributed by atoms with Gasteiger partial charge in [0.25, 0.3) is 0 Å². The van der Waals surface area contributed by atoms with Gasteiger partial charge in [-0.15, -0.1) is 0 Å². The topological polar surface area (TPSA) is 84.7 Å². The lowest BCUT2D eigenvalue weighted by Gasteiger charge is -2.34. The standard InChI is InChI=1S/C14H19N3O3/c1-8(2)20-11-6-4-5-10(13(11)15)17-7-12(18)16-14(19)9(17)3/h4-6,8-9H,7,15H2,1-3H3,(H,16,18,19). The average Bonchev–Trinajstić information content (AvgIpc) is 2.36. The molecule has 6 nitrogen and oxygen atoms in total. The Morgan fingerprint density at radius 1 is 1.40 bits per heavy atom. The van der Waals surface area contributed by atoms with Gasteiger partial charge < -0.3 is 15.4 Å². The van der Waals surface area contributed by atoms with Crippen molar-refractivity contribution in [3.8, 4) is 5.75 Å². The van der Waals surface area contributed by atoms with E-state index in [1.54, 1.807) is 30.0 Å². The number of imide groups is 1. The highest BCUT2D eigenvalue weighted by Gasteiger charge is 2.31. The third kappa shape index (κ3) is 2.68. The second-order valence-corrected chi connectivity index (χ2v) is 5.07. The number of hydrogen-bond acceptors (Lipinski definition) is 5. The molecule has 6 heteroatoms. The minimum Gasteiger partial charge on any atom is -0.489 e. The zero-order valence-electron chi connectivity index (χ0n) is 11.8. The molecule has 1 unspecified atom stereocenters. The number of amides is 2. The van der Waals surface area contributed by atoms with Crippen LogP contribution in [0.1, 0.15) is 20.8 Å². The number of rotatable bonds is 3. The molecule has 1 aromatic carbocycles. The van der Waals surface area contributed by atoms with Gasteiger partial charge in [-0.25, -0.2) is 0 Å². The number of hydrogen-bond donors (Lipinski definition) is 2. The first-order chi connectivity index (χ1) is 9.40. The van der Waals surface area contributed by atoms with E-state index in [4.69, 9.17) is 10.5 Å². The normalized spacial score (nSPS) is 19.2. The third-order valence-corrected chi connectivity index (χ3v) is 3.14. The maximum absolute atomic E-state index is 11.7. The summed E-state index contributed by atoms with van der Waals surface area (Å²) >= 11 is 0. The lowest BCUT2D eigenvalue weighted by atomic mass is 10.1. The zero-order valence-corrected chi connectivity index (χ0v) is 11.8. The fraction of sp³-hybridized carbons (Fsp3) is 0.429. The van der Waals surface area contributed by atoms with E-state index in [1.807, 2.05) is 13.8 Å². The minimum absolute atomic E-state index is 0.00346. The van der Waals surface area contributed by atoms with Crippen LogP contribution in [-0.2, 0) is 9.59 Å². The van der Waals surface area contributed by atoms with E-state index in [9.17, 15) is 9.59 Å². The van der Waals surface area contributed by atoms with Crippen molar-refractivity contribution in [3.05, 3.63) is 18.2 Å². The predicted molar refractivity (Wildman–Crippen MR) is 76.6 cm³/mol. The van der Waals surface area contributed by atoms with Crippen LogP contribution in [0.15, 0.2) is 18.2 Å². The number of benzene rings is 1. The quantitative estimate of drug-likeness (QED) is 0.633. The van der Waals surface area contributed by atoms with Crippen molar-refractivity contribution in [2.45, 2.75) is 32.9 Å². The summed E-state index contributed by atoms with van der Waals surface area (Å²) in [6, 6.07) is 4.90. The molecule has 20 heavy (non-hydrogen) atoms. The van der Waals surface area contributed by atoms with Crippen molar-refractivity contribution < 1.29 is 14.3 Å². The Bertz CT molecular complexity index is 542. The van der Waals surface area contributed by atoms with Crippen molar-refractivity contribution in [3.63, 3.8) is 0 Å². The molecule has 1 saturated heterocycles. The van der Waals surface area contributed by atoms with E-state index in [1.165, 1.54) is 0 Å². The molecular weight excluding hydrogens is 258 g/mol. The zero-order chi connectivity index (χ0) is 14.9. The van der Waals surface area contributed by atoms with Crippen molar-refractivity contribution >= 4 is 23.2 Å². The van der Waals surface area contributed by atoms with Crippen LogP contribution in [0.4, 0.5) is 11.4 Å². The Morgan fingerprint density at radius 2 is 2.10 bits per heavy atom. The molecule has 2 amide bonds. The average molecular weight is 277 g/mol. The molecule has 1 aromatic rings. The summed E-state index contributed by atoms with van der Waals surface area (Å²) < 4.78 is 5.63. The molecule has 0 spiro atoms. The minimum atomic E-state index is -0.454. The summed E-state index contributed by atoms with van der Waals surface area (Å²) in [5.41, 5.74) is 7.18. The number of nitrogens with zero attached hydrogens (tertiary/aromatic N) is 1. The van der Waals surface area contributed by atoms with Crippen LogP contribution in [0.2, 0.25) is 0 Å². The van der Waals surface area contributed by atoms with Crippen LogP contribution in [0, 0.1) is 0 Å². The summed E-state index contributed by atoms with van der Waals surface area (Å²) in [5, 5.41) is 2.30. The number of nitrogen functional groups attached to an aromatic ring is 1. The van der Waals surface area contributed by atoms with Crippen LogP contribution in [0.5, 0.6) is 5.75 Å². The molecular formula is C14H19N3O3. The van der Waals surface area contributed by atoms with E-state index in [0.717, 1.165) is 0 Å². The molecule has 0 aliphatic carbocycles. The predicted octanol–water partition coefficient (Wildman–Crippen LogP) is 0.907. The highest BCUT2D eigenvalue weighted by Crippen LogP contribution is 2.34. The molecule has 0 radical (unpaired) electrons. The number of nitrogens with one attached hydrogen (secondary N) is 1. The van der Waals surface area contributed by atoms with Crippen LogP contribution in [-0.4, -0.2) is 30.5 Å². The van der Waals surface area contributed by atoms with Crippen LogP contribution < -0.4 is 20.7 Å². The third-order valence-electron chi connectivity index (χ3n) is 3.14. The first-order valence-electron chi connectivity index (χ1n) is 6.55. The van der Waals surface area contributed by atoms with Gasteiger partial charge in [-0.1, -0.05) is 6.07 Å². The molecule has 1 heterocycles. The molecule has 1 fully saturated rings. The van der Waals surface area contributed by atoms with Gasteiger partial charge in [-0.3, -0.25) is 14.9 Å². The number of para-hydroxylation sites is 1. The van der Waals surface area contributed by atoms with Crippen molar-refractivity contribution in [1.29, 1.82) is 0 Å². The molecule has 1 aliphatic rings. The summed E-state index contributed by atoms with van der Waals surface area (Å²) in [5.74, 6) is -0.0957. The summed E-state index contributed by atoms with van der Waals surface area (Å²) in [7, 11) is 0. The number of ether oxygens (including phenoxy) is 1. The highest BCUT2D eigenvalue weighted by atomic mass is 16.5. The highest BCUT2D eigenvalue weighted by molar-refractivity contribution is 6.05. The Kier molecular flexibility index (Phi) is 3.83. The van der Waals surface area contributed by atoms with E-state index >= 15 is 0 Å². The van der Waals surface area contributed by atoms with Crippen LogP contribution in [0.25, 0.3) is 0 Å². The number of piperazine rings is 1. The Balaban J connectivity index is 2.36. The van der Waals surface area contributed by atoms with Crippen molar-refractivity contribution in [2.24, 2.45) is 0 Å². The maximum Gasteiger partial charge on any atom is 0.249 e. The number of carbonyl (C=O) groups is 2. The summed E-state index contributed by atoms with van der Waals surface area (Å²) in [6.07, 6.45) is -0.00346. The Morgan fingerprint density at radius 3 is 2.75 bits per heavy atom. The Labute approximate surface area is 117 Å². The fourth-order valence-corrected chi connectivity index (χ4v) is 2.15. The SMILES string of the molecule is CC(C)Oc1cccc(N2CC(=O)NC(=O)C2C)c1N. The molecule has 0 saturated carbocycles. The summed E-state index contributed by atoms with van der Waals surface area (Å²) in [6.45, 7) is 5.65. The van der Waals surface area contributed by atoms with E-state index in [0.29, 0.717) is 17.1 Å². The number of anilines is 2. The molecule has 1 aliphatic heterocycles. The molecule has 0 aromatic heterocycles. The lowest BCUT2D eigenvalue weighted by Crippen LogP contribution is -2.57. The maximum atomic E-state index is 11.7. The first kappa shape index (κ1) is 14.2. The van der Waals surface area contributed by atoms with Crippen LogP contribution >= 0.6 is 0 Å². The Hall–Kier alpha value is -2.24. The lowest BCUT2D eigenvalue weighted by molar-refractivity contribution is -0.132. The monoisotopic (exact) mass is 277 g/mol. The van der Waals surface area contributed by atoms with Gasteiger partial charge in [0, 0.05) is 0 Å². The van der Waals surface area contributed by atoms with Gasteiger partial charge in [0.15, 0.2) is 0 Å². The van der Waals surface area contributed by atoms with E-state index < -0.39 is 6.04 Å². The molecule has 2 rings (SSSR count). The summed E-state index contributed by atoms with van der Waals surface area (Å²) in [4.78, 5) is 24.9. The molecule has 1 atom stereocenters. The van der Waals surface area contributed by atoms with Gasteiger partial charge in [-0.05, 0) is 32.9 Å². The van der Waals surface area contributed by atoms with Gasteiger partial charge in [0.05, 0.1) is 24.0 Å². The number of carbonyl (C=O) groups excluding carboxylic acids is 2. The van der Waals surface area contributed by atoms with Crippen LogP contribution in [0.3, 0.4) is 0 Å². The largest absolute Gasteiger partial charge is 0.489 e. The molecule has 3 N–H and O–H groups in total. The van der Waals surface area contributed by atoms with Crippen molar-refractivity contribution in [1.82, 2.24) is 5.32 Å². The van der Waals surface area contributed by atoms with Gasteiger partial charge in [-0.2, -0.15) is 0 Å². The fourth-order valence-electron chi connectivity index (χ4n) is 2.15. The van der Waals surface area contributed by atoms with Gasteiger partial charge in [0.2, 0.25) is 11.8 Å². The second kappa shape index (κ2) is 5.40. The smallest absolute Gasteiger partial charge is 0.249 e.